The monoisotopic (exact) mass is 224 g/mol. The van der Waals surface area contributed by atoms with Crippen LogP contribution in [0.25, 0.3) is 22.2 Å². The van der Waals surface area contributed by atoms with Crippen molar-refractivity contribution >= 4 is 10.9 Å². The van der Waals surface area contributed by atoms with Crippen molar-refractivity contribution in [1.82, 2.24) is 9.97 Å². The lowest BCUT2D eigenvalue weighted by atomic mass is 10.1. The van der Waals surface area contributed by atoms with E-state index in [2.05, 4.69) is 9.97 Å². The van der Waals surface area contributed by atoms with E-state index in [-0.39, 0.29) is 5.82 Å². The Bertz CT molecular complexity index is 674. The van der Waals surface area contributed by atoms with Gasteiger partial charge in [0.1, 0.15) is 5.82 Å². The number of pyridine rings is 2. The van der Waals surface area contributed by atoms with E-state index in [0.29, 0.717) is 5.69 Å². The number of rotatable bonds is 1. The van der Waals surface area contributed by atoms with Gasteiger partial charge >= 0.3 is 0 Å². The summed E-state index contributed by atoms with van der Waals surface area (Å²) in [4.78, 5) is 8.59. The first-order chi connectivity index (χ1) is 8.34. The van der Waals surface area contributed by atoms with Gasteiger partial charge in [-0.2, -0.15) is 0 Å². The summed E-state index contributed by atoms with van der Waals surface area (Å²) < 4.78 is 13.2. The zero-order chi connectivity index (χ0) is 11.7. The lowest BCUT2D eigenvalue weighted by Crippen LogP contribution is -1.88. The van der Waals surface area contributed by atoms with Crippen molar-refractivity contribution in [2.24, 2.45) is 0 Å². The molecular formula is C14H9FN2. The maximum absolute atomic E-state index is 13.2. The number of nitrogens with zero attached hydrogens (tertiary/aromatic N) is 2. The Labute approximate surface area is 97.8 Å². The predicted octanol–water partition coefficient (Wildman–Crippen LogP) is 3.44. The van der Waals surface area contributed by atoms with E-state index in [0.717, 1.165) is 16.5 Å². The van der Waals surface area contributed by atoms with Gasteiger partial charge in [-0.1, -0.05) is 18.2 Å². The first kappa shape index (κ1) is 9.90. The standard InChI is InChI=1S/C14H9FN2/c15-12-5-1-3-11(9-12)14-13-10(6-8-17-14)4-2-7-16-13/h1-9H. The first-order valence-electron chi connectivity index (χ1n) is 5.30. The van der Waals surface area contributed by atoms with Gasteiger partial charge in [0.25, 0.3) is 0 Å². The molecule has 0 fully saturated rings. The highest BCUT2D eigenvalue weighted by atomic mass is 19.1. The lowest BCUT2D eigenvalue weighted by molar-refractivity contribution is 0.628. The summed E-state index contributed by atoms with van der Waals surface area (Å²) in [5, 5.41) is 1.00. The molecule has 0 saturated heterocycles. The molecule has 0 saturated carbocycles. The quantitative estimate of drug-likeness (QED) is 0.632. The van der Waals surface area contributed by atoms with Gasteiger partial charge in [0.2, 0.25) is 0 Å². The second kappa shape index (κ2) is 3.94. The van der Waals surface area contributed by atoms with Crippen molar-refractivity contribution in [2.75, 3.05) is 0 Å². The summed E-state index contributed by atoms with van der Waals surface area (Å²) in [6.45, 7) is 0. The second-order valence-electron chi connectivity index (χ2n) is 3.75. The van der Waals surface area contributed by atoms with E-state index in [1.807, 2.05) is 24.3 Å². The van der Waals surface area contributed by atoms with Crippen molar-refractivity contribution in [2.45, 2.75) is 0 Å². The van der Waals surface area contributed by atoms with Crippen LogP contribution in [0.2, 0.25) is 0 Å². The molecule has 0 radical (unpaired) electrons. The summed E-state index contributed by atoms with van der Waals surface area (Å²) in [7, 11) is 0. The van der Waals surface area contributed by atoms with Crippen molar-refractivity contribution in [3.8, 4) is 11.3 Å². The third-order valence-electron chi connectivity index (χ3n) is 2.62. The van der Waals surface area contributed by atoms with Crippen LogP contribution in [-0.2, 0) is 0 Å². The van der Waals surface area contributed by atoms with Crippen LogP contribution in [0.4, 0.5) is 4.39 Å². The molecule has 3 aromatic rings. The maximum Gasteiger partial charge on any atom is 0.123 e. The Morgan fingerprint density at radius 2 is 1.82 bits per heavy atom. The van der Waals surface area contributed by atoms with E-state index < -0.39 is 0 Å². The second-order valence-corrected chi connectivity index (χ2v) is 3.75. The summed E-state index contributed by atoms with van der Waals surface area (Å²) in [5.41, 5.74) is 2.25. The van der Waals surface area contributed by atoms with Crippen LogP contribution in [0.15, 0.2) is 54.9 Å². The lowest BCUT2D eigenvalue weighted by Gasteiger charge is -2.04. The number of hydrogen-bond donors (Lipinski definition) is 0. The van der Waals surface area contributed by atoms with Gasteiger partial charge in [-0.25, -0.2) is 4.39 Å². The van der Waals surface area contributed by atoms with Gasteiger partial charge in [-0.05, 0) is 24.3 Å². The molecule has 0 aliphatic carbocycles. The molecule has 0 aliphatic heterocycles. The minimum absolute atomic E-state index is 0.266. The molecule has 0 atom stereocenters. The number of aromatic nitrogens is 2. The molecule has 82 valence electrons. The number of benzene rings is 1. The minimum Gasteiger partial charge on any atom is -0.254 e. The summed E-state index contributed by atoms with van der Waals surface area (Å²) in [5.74, 6) is -0.266. The Hall–Kier alpha value is -2.29. The Morgan fingerprint density at radius 3 is 2.71 bits per heavy atom. The van der Waals surface area contributed by atoms with Crippen molar-refractivity contribution in [3.05, 3.63) is 60.7 Å². The molecule has 0 aliphatic rings. The van der Waals surface area contributed by atoms with Crippen LogP contribution >= 0.6 is 0 Å². The van der Waals surface area contributed by atoms with Crippen molar-refractivity contribution < 1.29 is 4.39 Å². The van der Waals surface area contributed by atoms with E-state index >= 15 is 0 Å². The van der Waals surface area contributed by atoms with Crippen LogP contribution in [-0.4, -0.2) is 9.97 Å². The third-order valence-corrected chi connectivity index (χ3v) is 2.62. The molecule has 2 nitrogen and oxygen atoms in total. The number of hydrogen-bond acceptors (Lipinski definition) is 2. The van der Waals surface area contributed by atoms with Crippen LogP contribution < -0.4 is 0 Å². The normalized spacial score (nSPS) is 10.6. The Morgan fingerprint density at radius 1 is 0.882 bits per heavy atom. The topological polar surface area (TPSA) is 25.8 Å². The first-order valence-corrected chi connectivity index (χ1v) is 5.30. The largest absolute Gasteiger partial charge is 0.254 e. The Kier molecular flexibility index (Phi) is 2.29. The van der Waals surface area contributed by atoms with E-state index in [1.54, 1.807) is 18.5 Å². The van der Waals surface area contributed by atoms with Crippen molar-refractivity contribution in [3.63, 3.8) is 0 Å². The average molecular weight is 224 g/mol. The average Bonchev–Trinajstić information content (AvgIpc) is 2.38. The van der Waals surface area contributed by atoms with E-state index in [9.17, 15) is 4.39 Å². The van der Waals surface area contributed by atoms with E-state index in [4.69, 9.17) is 0 Å². The zero-order valence-corrected chi connectivity index (χ0v) is 8.97. The molecule has 2 heterocycles. The number of fused-ring (bicyclic) bond motifs is 1. The summed E-state index contributed by atoms with van der Waals surface area (Å²) in [6.07, 6.45) is 3.43. The van der Waals surface area contributed by atoms with Gasteiger partial charge in [-0.15, -0.1) is 0 Å². The summed E-state index contributed by atoms with van der Waals surface area (Å²) >= 11 is 0. The van der Waals surface area contributed by atoms with Gasteiger partial charge in [0.05, 0.1) is 11.2 Å². The molecule has 3 heteroatoms. The van der Waals surface area contributed by atoms with Crippen LogP contribution in [0.1, 0.15) is 0 Å². The molecule has 0 amide bonds. The molecule has 0 bridgehead atoms. The molecular weight excluding hydrogens is 215 g/mol. The molecule has 2 aromatic heterocycles. The zero-order valence-electron chi connectivity index (χ0n) is 8.97. The Balaban J connectivity index is 2.30. The summed E-state index contributed by atoms with van der Waals surface area (Å²) in [6, 6.07) is 12.1. The van der Waals surface area contributed by atoms with Crippen LogP contribution in [0.5, 0.6) is 0 Å². The fourth-order valence-corrected chi connectivity index (χ4v) is 1.85. The van der Waals surface area contributed by atoms with Gasteiger partial charge in [0, 0.05) is 23.3 Å². The van der Waals surface area contributed by atoms with Crippen molar-refractivity contribution in [1.29, 1.82) is 0 Å². The molecule has 0 unspecified atom stereocenters. The van der Waals surface area contributed by atoms with Crippen LogP contribution in [0, 0.1) is 5.82 Å². The highest BCUT2D eigenvalue weighted by Gasteiger charge is 2.06. The molecule has 0 N–H and O–H groups in total. The van der Waals surface area contributed by atoms with E-state index in [1.165, 1.54) is 12.1 Å². The maximum atomic E-state index is 13.2. The highest BCUT2D eigenvalue weighted by Crippen LogP contribution is 2.24. The molecule has 17 heavy (non-hydrogen) atoms. The predicted molar refractivity (Wildman–Crippen MR) is 64.9 cm³/mol. The molecule has 0 spiro atoms. The number of halogens is 1. The smallest absolute Gasteiger partial charge is 0.123 e. The van der Waals surface area contributed by atoms with Gasteiger partial charge < -0.3 is 0 Å². The minimum atomic E-state index is -0.266. The molecule has 1 aromatic carbocycles. The SMILES string of the molecule is Fc1cccc(-c2nccc3cccnc23)c1. The third kappa shape index (κ3) is 1.76. The fraction of sp³-hybridized carbons (Fsp3) is 0. The highest BCUT2D eigenvalue weighted by molar-refractivity contribution is 5.90. The van der Waals surface area contributed by atoms with Gasteiger partial charge in [0.15, 0.2) is 0 Å². The molecule has 3 rings (SSSR count). The van der Waals surface area contributed by atoms with Crippen LogP contribution in [0.3, 0.4) is 0 Å². The fourth-order valence-electron chi connectivity index (χ4n) is 1.85. The van der Waals surface area contributed by atoms with Gasteiger partial charge in [-0.3, -0.25) is 9.97 Å².